The highest BCUT2D eigenvalue weighted by atomic mass is 79.9. The van der Waals surface area contributed by atoms with Crippen LogP contribution in [0.25, 0.3) is 0 Å². The normalized spacial score (nSPS) is 25.5. The number of carbonyl (C=O) groups is 3. The van der Waals surface area contributed by atoms with Gasteiger partial charge in [-0.1, -0.05) is 24.3 Å². The Morgan fingerprint density at radius 2 is 1.87 bits per heavy atom. The molecule has 6 rings (SSSR count). The number of hydrogen-bond acceptors (Lipinski definition) is 6. The summed E-state index contributed by atoms with van der Waals surface area (Å²) in [5.74, 6) is 0. The molecule has 0 bridgehead atoms. The number of amides is 3. The van der Waals surface area contributed by atoms with E-state index in [2.05, 4.69) is 32.6 Å². The number of likely N-dealkylation sites (tertiary alicyclic amines) is 2. The van der Waals surface area contributed by atoms with Crippen LogP contribution in [0, 0.1) is 0 Å². The molecular formula is C34H46BrN6O4+. The first-order valence-electron chi connectivity index (χ1n) is 16.5. The van der Waals surface area contributed by atoms with Crippen molar-refractivity contribution in [3.63, 3.8) is 0 Å². The third kappa shape index (κ3) is 6.18. The molecular weight excluding hydrogens is 636 g/mol. The number of carbonyl (C=O) groups excluding carboxylic acids is 3. The topological polar surface area (TPSA) is 117 Å². The lowest BCUT2D eigenvalue weighted by Gasteiger charge is -2.64. The molecule has 0 aromatic heterocycles. The van der Waals surface area contributed by atoms with Crippen molar-refractivity contribution in [2.75, 3.05) is 50.3 Å². The molecule has 4 aliphatic heterocycles. The standard InChI is InChI=1S/C34H45BrN6O4/c35-29-22-25(8-9-30(29)36)24-45-33(44)40-18-13-27(39-17-12-26-6-2-3-7-31(26)38-32(39)43)23-34(40,14-21-42)41(19-4-1-5-20-41)28-10-15-37-16-11-28/h2-3,6-9,21-22,27-28,37H,1,4-5,10-20,23-24,36H2/p+1/t27-,34+/m1/s1. The quantitative estimate of drug-likeness (QED) is 0.209. The van der Waals surface area contributed by atoms with Gasteiger partial charge in [0.1, 0.15) is 12.9 Å². The van der Waals surface area contributed by atoms with E-state index in [4.69, 9.17) is 10.5 Å². The van der Waals surface area contributed by atoms with Crippen molar-refractivity contribution < 1.29 is 23.6 Å². The number of nitrogens with zero attached hydrogens (tertiary/aromatic N) is 3. The molecule has 0 unspecified atom stereocenters. The highest BCUT2D eigenvalue weighted by Crippen LogP contribution is 2.47. The smallest absolute Gasteiger partial charge is 0.414 e. The fraction of sp³-hybridized carbons (Fsp3) is 0.559. The first kappa shape index (κ1) is 31.8. The van der Waals surface area contributed by atoms with Crippen LogP contribution in [0.3, 0.4) is 0 Å². The Kier molecular flexibility index (Phi) is 9.68. The minimum atomic E-state index is -0.814. The molecule has 10 nitrogen and oxygen atoms in total. The number of urea groups is 1. The zero-order valence-electron chi connectivity index (χ0n) is 26.0. The first-order valence-corrected chi connectivity index (χ1v) is 17.3. The number of nitrogen functional groups attached to an aromatic ring is 1. The van der Waals surface area contributed by atoms with Gasteiger partial charge in [0.05, 0.1) is 25.6 Å². The van der Waals surface area contributed by atoms with Crippen molar-refractivity contribution in [1.82, 2.24) is 15.1 Å². The summed E-state index contributed by atoms with van der Waals surface area (Å²) >= 11 is 3.48. The van der Waals surface area contributed by atoms with E-state index in [0.717, 1.165) is 92.3 Å². The second-order valence-corrected chi connectivity index (χ2v) is 14.0. The molecule has 0 saturated carbocycles. The molecule has 0 spiro atoms. The van der Waals surface area contributed by atoms with E-state index in [1.54, 1.807) is 6.07 Å². The van der Waals surface area contributed by atoms with Gasteiger partial charge in [0, 0.05) is 67.3 Å². The van der Waals surface area contributed by atoms with Gasteiger partial charge in [-0.2, -0.15) is 0 Å². The van der Waals surface area contributed by atoms with Gasteiger partial charge in [-0.05, 0) is 77.4 Å². The number of hydrogen-bond donors (Lipinski definition) is 3. The number of anilines is 2. The van der Waals surface area contributed by atoms with Crippen molar-refractivity contribution in [2.24, 2.45) is 0 Å². The van der Waals surface area contributed by atoms with Crippen LogP contribution in [0.1, 0.15) is 62.5 Å². The van der Waals surface area contributed by atoms with Crippen LogP contribution in [-0.2, 0) is 22.6 Å². The monoisotopic (exact) mass is 681 g/mol. The van der Waals surface area contributed by atoms with Gasteiger partial charge in [-0.15, -0.1) is 0 Å². The summed E-state index contributed by atoms with van der Waals surface area (Å²) < 4.78 is 7.51. The number of piperidine rings is 3. The highest BCUT2D eigenvalue weighted by Gasteiger charge is 2.63. The second kappa shape index (κ2) is 13.7. The predicted molar refractivity (Wildman–Crippen MR) is 177 cm³/mol. The molecule has 3 saturated heterocycles. The Balaban J connectivity index is 1.36. The molecule has 11 heteroatoms. The van der Waals surface area contributed by atoms with Crippen LogP contribution < -0.4 is 16.4 Å². The van der Waals surface area contributed by atoms with Crippen LogP contribution in [0.15, 0.2) is 46.9 Å². The van der Waals surface area contributed by atoms with E-state index in [0.29, 0.717) is 42.1 Å². The Morgan fingerprint density at radius 1 is 1.09 bits per heavy atom. The number of fused-ring (bicyclic) bond motifs is 1. The lowest BCUT2D eigenvalue weighted by atomic mass is 9.80. The van der Waals surface area contributed by atoms with Gasteiger partial charge < -0.3 is 30.8 Å². The predicted octanol–water partition coefficient (Wildman–Crippen LogP) is 5.26. The van der Waals surface area contributed by atoms with Gasteiger partial charge in [-0.3, -0.25) is 9.38 Å². The van der Waals surface area contributed by atoms with Crippen LogP contribution in [0.4, 0.5) is 21.0 Å². The zero-order valence-corrected chi connectivity index (χ0v) is 27.6. The van der Waals surface area contributed by atoms with Crippen molar-refractivity contribution in [3.8, 4) is 0 Å². The van der Waals surface area contributed by atoms with Crippen LogP contribution in [0.2, 0.25) is 0 Å². The van der Waals surface area contributed by atoms with Crippen LogP contribution in [0.5, 0.6) is 0 Å². The highest BCUT2D eigenvalue weighted by molar-refractivity contribution is 9.10. The molecule has 4 N–H and O–H groups in total. The number of para-hydroxylation sites is 1. The average molecular weight is 683 g/mol. The van der Waals surface area contributed by atoms with Crippen molar-refractivity contribution in [2.45, 2.75) is 82.1 Å². The zero-order chi connectivity index (χ0) is 31.4. The van der Waals surface area contributed by atoms with Crippen molar-refractivity contribution in [3.05, 3.63) is 58.1 Å². The summed E-state index contributed by atoms with van der Waals surface area (Å²) in [5.41, 5.74) is 8.60. The van der Waals surface area contributed by atoms with Gasteiger partial charge in [0.25, 0.3) is 0 Å². The molecule has 4 aliphatic rings. The molecule has 0 radical (unpaired) electrons. The summed E-state index contributed by atoms with van der Waals surface area (Å²) in [6, 6.07) is 13.6. The number of rotatable bonds is 7. The molecule has 2 aromatic carbocycles. The van der Waals surface area contributed by atoms with Crippen LogP contribution >= 0.6 is 15.9 Å². The summed E-state index contributed by atoms with van der Waals surface area (Å²) in [6.45, 7) is 4.80. The van der Waals surface area contributed by atoms with Gasteiger partial charge in [0.2, 0.25) is 0 Å². The van der Waals surface area contributed by atoms with Gasteiger partial charge in [-0.25, -0.2) is 9.59 Å². The number of nitrogens with one attached hydrogen (secondary N) is 2. The third-order valence-electron chi connectivity index (χ3n) is 10.8. The molecule has 3 fully saturated rings. The second-order valence-electron chi connectivity index (χ2n) is 13.1. The van der Waals surface area contributed by atoms with Crippen LogP contribution in [-0.4, -0.2) is 89.7 Å². The number of aldehydes is 1. The van der Waals surface area contributed by atoms with E-state index < -0.39 is 11.8 Å². The number of benzene rings is 2. The summed E-state index contributed by atoms with van der Waals surface area (Å²) in [7, 11) is 0. The maximum Gasteiger partial charge on any atom is 0.414 e. The Labute approximate surface area is 274 Å². The maximum atomic E-state index is 14.3. The lowest BCUT2D eigenvalue weighted by molar-refractivity contribution is -1.01. The Morgan fingerprint density at radius 3 is 2.62 bits per heavy atom. The number of halogens is 1. The van der Waals surface area contributed by atoms with Gasteiger partial charge >= 0.3 is 12.1 Å². The minimum Gasteiger partial charge on any atom is -0.444 e. The van der Waals surface area contributed by atoms with E-state index in [1.807, 2.05) is 40.1 Å². The van der Waals surface area contributed by atoms with E-state index >= 15 is 0 Å². The third-order valence-corrected chi connectivity index (χ3v) is 11.5. The molecule has 2 aromatic rings. The molecule has 2 atom stereocenters. The average Bonchev–Trinajstić information content (AvgIpc) is 3.24. The van der Waals surface area contributed by atoms with E-state index in [1.165, 1.54) is 0 Å². The molecule has 45 heavy (non-hydrogen) atoms. The maximum absolute atomic E-state index is 14.3. The number of nitrogens with two attached hydrogens (primary N) is 1. The van der Waals surface area contributed by atoms with Crippen molar-refractivity contribution in [1.29, 1.82) is 0 Å². The van der Waals surface area contributed by atoms with E-state index in [-0.39, 0.29) is 25.1 Å². The molecule has 0 aliphatic carbocycles. The van der Waals surface area contributed by atoms with Gasteiger partial charge in [0.15, 0.2) is 5.66 Å². The SMILES string of the molecule is Nc1ccc(COC(=O)N2CC[C@@H](N3CCc4ccccc4NC3=O)C[C@]2(CC=O)[N+]2(C3CCNCC3)CCCCC2)cc1Br. The Hall–Kier alpha value is -3.15. The fourth-order valence-corrected chi connectivity index (χ4v) is 9.08. The first-order chi connectivity index (χ1) is 21.9. The molecule has 3 amide bonds. The largest absolute Gasteiger partial charge is 0.444 e. The summed E-state index contributed by atoms with van der Waals surface area (Å²) in [6.07, 6.45) is 7.99. The molecule has 242 valence electrons. The fourth-order valence-electron chi connectivity index (χ4n) is 8.65. The Bertz CT molecular complexity index is 1390. The van der Waals surface area contributed by atoms with E-state index in [9.17, 15) is 14.4 Å². The lowest BCUT2D eigenvalue weighted by Crippen LogP contribution is -2.80. The number of ether oxygens (including phenoxy) is 1. The summed E-state index contributed by atoms with van der Waals surface area (Å²) in [5, 5.41) is 6.67. The number of quaternary nitrogens is 1. The van der Waals surface area contributed by atoms with Crippen molar-refractivity contribution >= 4 is 45.7 Å². The minimum absolute atomic E-state index is 0.106. The summed E-state index contributed by atoms with van der Waals surface area (Å²) in [4.78, 5) is 44.7. The molecule has 4 heterocycles.